The standard InChI is InChI=1S/C22H29N3O3/c1-16-3-5-18(6-4-16)19-13-21(27)20(22(28)14-19)15-23-7-8-24-9-11-25(12-10-24)17(2)26/h3-6,15,19,27H,7-14H2,1-2H3. The number of aliphatic imine (C=N–C) groups is 1. The highest BCUT2D eigenvalue weighted by Gasteiger charge is 2.27. The largest absolute Gasteiger partial charge is 0.511 e. The molecule has 1 saturated heterocycles. The van der Waals surface area contributed by atoms with Gasteiger partial charge in [0.25, 0.3) is 0 Å². The van der Waals surface area contributed by atoms with E-state index in [0.717, 1.165) is 38.3 Å². The van der Waals surface area contributed by atoms with Crippen molar-refractivity contribution in [1.82, 2.24) is 9.80 Å². The quantitative estimate of drug-likeness (QED) is 0.793. The molecule has 1 aromatic rings. The Labute approximate surface area is 166 Å². The first-order valence-electron chi connectivity index (χ1n) is 9.93. The van der Waals surface area contributed by atoms with E-state index in [1.807, 2.05) is 36.1 Å². The summed E-state index contributed by atoms with van der Waals surface area (Å²) in [6.07, 6.45) is 2.42. The summed E-state index contributed by atoms with van der Waals surface area (Å²) in [5.74, 6) is 0.247. The number of ketones is 1. The van der Waals surface area contributed by atoms with Gasteiger partial charge in [0.1, 0.15) is 5.76 Å². The fourth-order valence-electron chi connectivity index (χ4n) is 3.77. The third kappa shape index (κ3) is 5.07. The van der Waals surface area contributed by atoms with Gasteiger partial charge >= 0.3 is 0 Å². The molecule has 1 aromatic carbocycles. The topological polar surface area (TPSA) is 73.2 Å². The molecule has 1 N–H and O–H groups in total. The molecule has 6 nitrogen and oxygen atoms in total. The number of amides is 1. The van der Waals surface area contributed by atoms with Crippen molar-refractivity contribution in [2.24, 2.45) is 4.99 Å². The van der Waals surface area contributed by atoms with Crippen LogP contribution in [0.4, 0.5) is 0 Å². The maximum atomic E-state index is 12.5. The van der Waals surface area contributed by atoms with Crippen molar-refractivity contribution in [1.29, 1.82) is 0 Å². The van der Waals surface area contributed by atoms with Crippen LogP contribution in [0.2, 0.25) is 0 Å². The van der Waals surface area contributed by atoms with Crippen LogP contribution in [0.5, 0.6) is 0 Å². The zero-order valence-corrected chi connectivity index (χ0v) is 16.7. The number of Topliss-reactive ketones (excluding diaryl/α,β-unsaturated/α-hetero) is 1. The van der Waals surface area contributed by atoms with Crippen molar-refractivity contribution < 1.29 is 14.7 Å². The van der Waals surface area contributed by atoms with E-state index in [4.69, 9.17) is 0 Å². The number of hydrogen-bond acceptors (Lipinski definition) is 5. The maximum absolute atomic E-state index is 12.5. The lowest BCUT2D eigenvalue weighted by Gasteiger charge is -2.33. The van der Waals surface area contributed by atoms with E-state index in [1.165, 1.54) is 11.8 Å². The Morgan fingerprint density at radius 3 is 2.46 bits per heavy atom. The molecule has 2 aliphatic rings. The van der Waals surface area contributed by atoms with E-state index in [-0.39, 0.29) is 23.4 Å². The van der Waals surface area contributed by atoms with Crippen LogP contribution in [-0.4, -0.2) is 72.1 Å². The average molecular weight is 383 g/mol. The van der Waals surface area contributed by atoms with Gasteiger partial charge in [-0.1, -0.05) is 29.8 Å². The Morgan fingerprint density at radius 2 is 1.86 bits per heavy atom. The lowest BCUT2D eigenvalue weighted by molar-refractivity contribution is -0.130. The Hall–Kier alpha value is -2.47. The monoisotopic (exact) mass is 383 g/mol. The zero-order valence-electron chi connectivity index (χ0n) is 16.7. The highest BCUT2D eigenvalue weighted by Crippen LogP contribution is 2.33. The van der Waals surface area contributed by atoms with Crippen molar-refractivity contribution in [3.8, 4) is 0 Å². The van der Waals surface area contributed by atoms with Crippen LogP contribution in [0, 0.1) is 6.92 Å². The molecule has 1 amide bonds. The van der Waals surface area contributed by atoms with Crippen molar-refractivity contribution in [3.05, 3.63) is 46.7 Å². The molecule has 150 valence electrons. The summed E-state index contributed by atoms with van der Waals surface area (Å²) in [5.41, 5.74) is 2.62. The van der Waals surface area contributed by atoms with E-state index in [2.05, 4.69) is 9.89 Å². The molecule has 1 fully saturated rings. The molecule has 0 radical (unpaired) electrons. The molecule has 0 saturated carbocycles. The number of piperazine rings is 1. The number of rotatable bonds is 5. The predicted octanol–water partition coefficient (Wildman–Crippen LogP) is 2.49. The van der Waals surface area contributed by atoms with Gasteiger partial charge in [0.15, 0.2) is 5.78 Å². The molecule has 0 spiro atoms. The molecular formula is C22H29N3O3. The molecule has 1 aliphatic carbocycles. The third-order valence-corrected chi connectivity index (χ3v) is 5.61. The van der Waals surface area contributed by atoms with Crippen molar-refractivity contribution >= 4 is 17.9 Å². The predicted molar refractivity (Wildman–Crippen MR) is 110 cm³/mol. The first kappa shape index (κ1) is 20.3. The SMILES string of the molecule is CC(=O)N1CCN(CCN=CC2=C(O)CC(c3ccc(C)cc3)CC2=O)CC1. The summed E-state index contributed by atoms with van der Waals surface area (Å²) in [7, 11) is 0. The fraction of sp³-hybridized carbons (Fsp3) is 0.500. The summed E-state index contributed by atoms with van der Waals surface area (Å²) in [6.45, 7) is 8.20. The van der Waals surface area contributed by atoms with Crippen molar-refractivity contribution in [2.75, 3.05) is 39.3 Å². The summed E-state index contributed by atoms with van der Waals surface area (Å²) >= 11 is 0. The molecule has 1 atom stereocenters. The normalized spacial score (nSPS) is 21.6. The van der Waals surface area contributed by atoms with Gasteiger partial charge < -0.3 is 10.0 Å². The molecule has 1 unspecified atom stereocenters. The van der Waals surface area contributed by atoms with Gasteiger partial charge in [-0.15, -0.1) is 0 Å². The number of benzene rings is 1. The molecule has 0 bridgehead atoms. The minimum absolute atomic E-state index is 0.0304. The molecular weight excluding hydrogens is 354 g/mol. The second kappa shape index (κ2) is 9.15. The van der Waals surface area contributed by atoms with Crippen LogP contribution < -0.4 is 0 Å². The zero-order chi connectivity index (χ0) is 20.1. The smallest absolute Gasteiger partial charge is 0.219 e. The lowest BCUT2D eigenvalue weighted by atomic mass is 9.83. The number of hydrogen-bond donors (Lipinski definition) is 1. The van der Waals surface area contributed by atoms with Crippen LogP contribution in [0.3, 0.4) is 0 Å². The van der Waals surface area contributed by atoms with Crippen LogP contribution in [0.1, 0.15) is 36.8 Å². The van der Waals surface area contributed by atoms with Gasteiger partial charge in [-0.2, -0.15) is 0 Å². The van der Waals surface area contributed by atoms with Crippen LogP contribution in [-0.2, 0) is 9.59 Å². The minimum Gasteiger partial charge on any atom is -0.511 e. The molecule has 0 aromatic heterocycles. The second-order valence-corrected chi connectivity index (χ2v) is 7.68. The third-order valence-electron chi connectivity index (χ3n) is 5.61. The fourth-order valence-corrected chi connectivity index (χ4v) is 3.77. The summed E-state index contributed by atoms with van der Waals surface area (Å²) in [6, 6.07) is 8.14. The lowest BCUT2D eigenvalue weighted by Crippen LogP contribution is -2.48. The van der Waals surface area contributed by atoms with Gasteiger partial charge in [-0.25, -0.2) is 0 Å². The number of aliphatic hydroxyl groups excluding tert-OH is 1. The summed E-state index contributed by atoms with van der Waals surface area (Å²) in [4.78, 5) is 32.3. The van der Waals surface area contributed by atoms with Crippen LogP contribution in [0.15, 0.2) is 40.6 Å². The van der Waals surface area contributed by atoms with E-state index in [1.54, 1.807) is 6.92 Å². The molecule has 1 aliphatic heterocycles. The molecule has 6 heteroatoms. The van der Waals surface area contributed by atoms with Crippen molar-refractivity contribution in [3.63, 3.8) is 0 Å². The molecule has 1 heterocycles. The van der Waals surface area contributed by atoms with Gasteiger partial charge in [-0.05, 0) is 18.4 Å². The number of allylic oxidation sites excluding steroid dienone is 2. The van der Waals surface area contributed by atoms with E-state index in [0.29, 0.717) is 25.0 Å². The maximum Gasteiger partial charge on any atom is 0.219 e. The van der Waals surface area contributed by atoms with E-state index < -0.39 is 0 Å². The summed E-state index contributed by atoms with van der Waals surface area (Å²) < 4.78 is 0. The molecule has 3 rings (SSSR count). The van der Waals surface area contributed by atoms with Crippen LogP contribution in [0.25, 0.3) is 0 Å². The van der Waals surface area contributed by atoms with Gasteiger partial charge in [-0.3, -0.25) is 19.5 Å². The first-order valence-corrected chi connectivity index (χ1v) is 9.93. The average Bonchev–Trinajstić information content (AvgIpc) is 2.67. The number of aliphatic hydroxyl groups is 1. The van der Waals surface area contributed by atoms with Crippen LogP contribution >= 0.6 is 0 Å². The minimum atomic E-state index is -0.0480. The highest BCUT2D eigenvalue weighted by molar-refractivity contribution is 6.14. The Morgan fingerprint density at radius 1 is 1.18 bits per heavy atom. The van der Waals surface area contributed by atoms with Gasteiger partial charge in [0.05, 0.1) is 12.1 Å². The number of carbonyl (C=O) groups is 2. The number of carbonyl (C=O) groups excluding carboxylic acids is 2. The highest BCUT2D eigenvalue weighted by atomic mass is 16.3. The first-order chi connectivity index (χ1) is 13.4. The second-order valence-electron chi connectivity index (χ2n) is 7.68. The van der Waals surface area contributed by atoms with E-state index in [9.17, 15) is 14.7 Å². The van der Waals surface area contributed by atoms with E-state index >= 15 is 0 Å². The summed E-state index contributed by atoms with van der Waals surface area (Å²) in [5, 5.41) is 10.4. The number of nitrogens with zero attached hydrogens (tertiary/aromatic N) is 3. The van der Waals surface area contributed by atoms with Gasteiger partial charge in [0, 0.05) is 58.7 Å². The van der Waals surface area contributed by atoms with Gasteiger partial charge in [0.2, 0.25) is 5.91 Å². The molecule has 28 heavy (non-hydrogen) atoms. The van der Waals surface area contributed by atoms with Crippen molar-refractivity contribution in [2.45, 2.75) is 32.6 Å². The number of aryl methyl sites for hydroxylation is 1. The Kier molecular flexibility index (Phi) is 6.62. The Bertz CT molecular complexity index is 775. The Balaban J connectivity index is 1.51.